The van der Waals surface area contributed by atoms with Crippen LogP contribution in [0.25, 0.3) is 5.69 Å². The lowest BCUT2D eigenvalue weighted by atomic mass is 10.0. The number of carboxylic acids is 1. The summed E-state index contributed by atoms with van der Waals surface area (Å²) in [6.07, 6.45) is 0.820. The first kappa shape index (κ1) is 28.5. The van der Waals surface area contributed by atoms with E-state index >= 15 is 8.78 Å². The number of anilines is 1. The van der Waals surface area contributed by atoms with E-state index in [-0.39, 0.29) is 29.4 Å². The van der Waals surface area contributed by atoms with Crippen molar-refractivity contribution in [3.63, 3.8) is 0 Å². The highest BCUT2D eigenvalue weighted by Gasteiger charge is 2.22. The van der Waals surface area contributed by atoms with Gasteiger partial charge in [-0.1, -0.05) is 13.8 Å². The summed E-state index contributed by atoms with van der Waals surface area (Å²) in [5.74, 6) is -4.93. The summed E-state index contributed by atoms with van der Waals surface area (Å²) in [6, 6.07) is 7.73. The molecule has 0 spiro atoms. The van der Waals surface area contributed by atoms with Gasteiger partial charge < -0.3 is 20.9 Å². The molecule has 0 fully saturated rings. The Morgan fingerprint density at radius 3 is 2.26 bits per heavy atom. The molecular weight excluding hydrogens is 503 g/mol. The number of carboxylic acid groups (broad SMARTS) is 1. The molecule has 2 aromatic carbocycles. The van der Waals surface area contributed by atoms with Crippen LogP contribution in [0, 0.1) is 23.4 Å². The van der Waals surface area contributed by atoms with E-state index in [1.807, 2.05) is 13.8 Å². The molecular formula is C27H28F3N3O5. The number of nitrogens with one attached hydrogen (secondary N) is 1. The van der Waals surface area contributed by atoms with Gasteiger partial charge in [0.2, 0.25) is 0 Å². The zero-order chi connectivity index (χ0) is 28.0. The Morgan fingerprint density at radius 1 is 1.05 bits per heavy atom. The van der Waals surface area contributed by atoms with Crippen molar-refractivity contribution < 1.29 is 32.6 Å². The fourth-order valence-electron chi connectivity index (χ4n) is 3.85. The largest absolute Gasteiger partial charge is 0.493 e. The Labute approximate surface area is 216 Å². The number of hydrogen-bond donors (Lipinski definition) is 3. The molecule has 0 aliphatic rings. The second-order valence-electron chi connectivity index (χ2n) is 9.05. The van der Waals surface area contributed by atoms with Crippen molar-refractivity contribution in [1.29, 1.82) is 0 Å². The van der Waals surface area contributed by atoms with Crippen molar-refractivity contribution >= 4 is 17.6 Å². The van der Waals surface area contributed by atoms with Gasteiger partial charge in [0.1, 0.15) is 29.1 Å². The third-order valence-electron chi connectivity index (χ3n) is 5.68. The molecule has 3 rings (SSSR count). The van der Waals surface area contributed by atoms with Crippen LogP contribution in [0.15, 0.2) is 53.3 Å². The second-order valence-corrected chi connectivity index (χ2v) is 9.05. The Balaban J connectivity index is 1.76. The number of aliphatic carboxylic acids is 1. The van der Waals surface area contributed by atoms with Gasteiger partial charge in [-0.15, -0.1) is 0 Å². The normalized spacial score (nSPS) is 11.9. The van der Waals surface area contributed by atoms with E-state index in [9.17, 15) is 23.9 Å². The van der Waals surface area contributed by atoms with Crippen molar-refractivity contribution in [2.24, 2.45) is 5.92 Å². The summed E-state index contributed by atoms with van der Waals surface area (Å²) < 4.78 is 49.2. The molecule has 1 atom stereocenters. The molecule has 1 aromatic heterocycles. The number of nitrogens with two attached hydrogens (primary N) is 1. The van der Waals surface area contributed by atoms with Crippen LogP contribution in [0.3, 0.4) is 0 Å². The average molecular weight is 532 g/mol. The molecule has 4 N–H and O–H groups in total. The molecule has 0 saturated heterocycles. The van der Waals surface area contributed by atoms with E-state index in [0.29, 0.717) is 24.0 Å². The first-order valence-electron chi connectivity index (χ1n) is 11.9. The number of benzene rings is 2. The van der Waals surface area contributed by atoms with Crippen molar-refractivity contribution in [2.75, 3.05) is 18.9 Å². The van der Waals surface area contributed by atoms with Gasteiger partial charge in [0.05, 0.1) is 12.2 Å². The summed E-state index contributed by atoms with van der Waals surface area (Å²) in [7, 11) is 0. The fraction of sp³-hybridized carbons (Fsp3) is 0.296. The lowest BCUT2D eigenvalue weighted by molar-refractivity contribution is -0.139. The predicted octanol–water partition coefficient (Wildman–Crippen LogP) is 3.93. The summed E-state index contributed by atoms with van der Waals surface area (Å²) in [5, 5.41) is 12.2. The van der Waals surface area contributed by atoms with Crippen molar-refractivity contribution in [3.8, 4) is 11.4 Å². The van der Waals surface area contributed by atoms with Crippen LogP contribution < -0.4 is 21.3 Å². The first-order chi connectivity index (χ1) is 18.0. The molecule has 0 aliphatic heterocycles. The van der Waals surface area contributed by atoms with E-state index in [0.717, 1.165) is 36.4 Å². The quantitative estimate of drug-likeness (QED) is 0.239. The van der Waals surface area contributed by atoms with Gasteiger partial charge in [-0.25, -0.2) is 13.2 Å². The molecule has 3 aromatic rings. The SMILES string of the molecule is CC(C)C[C@H](NCCCOc1cc(F)c(-n2c(N)c(C(=O)c3ccc(F)cc3)ccc2=O)c(F)c1)C(=O)O. The number of carbonyl (C=O) groups is 2. The number of ketones is 1. The van der Waals surface area contributed by atoms with Crippen molar-refractivity contribution in [1.82, 2.24) is 9.88 Å². The van der Waals surface area contributed by atoms with E-state index in [1.165, 1.54) is 12.1 Å². The van der Waals surface area contributed by atoms with Gasteiger partial charge in [-0.05, 0) is 55.6 Å². The Bertz CT molecular complexity index is 1350. The molecule has 0 saturated carbocycles. The third kappa shape index (κ3) is 6.80. The van der Waals surface area contributed by atoms with Crippen molar-refractivity contribution in [2.45, 2.75) is 32.7 Å². The van der Waals surface area contributed by atoms with Gasteiger partial charge in [-0.3, -0.25) is 19.0 Å². The van der Waals surface area contributed by atoms with E-state index in [2.05, 4.69) is 5.32 Å². The number of carbonyl (C=O) groups excluding carboxylic acids is 1. The zero-order valence-electron chi connectivity index (χ0n) is 20.8. The number of nitrogens with zero attached hydrogens (tertiary/aromatic N) is 1. The average Bonchev–Trinajstić information content (AvgIpc) is 2.84. The molecule has 0 bridgehead atoms. The highest BCUT2D eigenvalue weighted by Crippen LogP contribution is 2.27. The van der Waals surface area contributed by atoms with Crippen LogP contribution in [0.1, 0.15) is 42.6 Å². The molecule has 8 nitrogen and oxygen atoms in total. The summed E-state index contributed by atoms with van der Waals surface area (Å²) in [4.78, 5) is 36.6. The monoisotopic (exact) mass is 531 g/mol. The summed E-state index contributed by atoms with van der Waals surface area (Å²) in [6.45, 7) is 4.18. The molecule has 202 valence electrons. The third-order valence-corrected chi connectivity index (χ3v) is 5.68. The number of hydrogen-bond acceptors (Lipinski definition) is 6. The topological polar surface area (TPSA) is 124 Å². The molecule has 1 heterocycles. The highest BCUT2D eigenvalue weighted by molar-refractivity contribution is 6.11. The zero-order valence-corrected chi connectivity index (χ0v) is 20.8. The maximum Gasteiger partial charge on any atom is 0.320 e. The molecule has 38 heavy (non-hydrogen) atoms. The van der Waals surface area contributed by atoms with Gasteiger partial charge in [0, 0.05) is 23.8 Å². The number of aromatic nitrogens is 1. The lowest BCUT2D eigenvalue weighted by Crippen LogP contribution is -2.38. The van der Waals surface area contributed by atoms with Crippen LogP contribution in [-0.2, 0) is 4.79 Å². The minimum absolute atomic E-state index is 0.0446. The van der Waals surface area contributed by atoms with E-state index in [4.69, 9.17) is 10.5 Å². The molecule has 11 heteroatoms. The Hall–Kier alpha value is -4.12. The molecule has 0 aliphatic carbocycles. The van der Waals surface area contributed by atoms with Crippen LogP contribution in [0.2, 0.25) is 0 Å². The maximum atomic E-state index is 15.0. The maximum absolute atomic E-state index is 15.0. The molecule has 0 unspecified atom stereocenters. The Morgan fingerprint density at radius 2 is 1.68 bits per heavy atom. The van der Waals surface area contributed by atoms with Gasteiger partial charge in [0.25, 0.3) is 5.56 Å². The van der Waals surface area contributed by atoms with Crippen molar-refractivity contribution in [3.05, 3.63) is 87.5 Å². The van der Waals surface area contributed by atoms with Gasteiger partial charge in [-0.2, -0.15) is 0 Å². The molecule has 0 radical (unpaired) electrons. The van der Waals surface area contributed by atoms with Crippen LogP contribution in [-0.4, -0.2) is 40.6 Å². The number of nitrogen functional groups attached to an aromatic ring is 1. The summed E-state index contributed by atoms with van der Waals surface area (Å²) in [5.41, 5.74) is 4.23. The van der Waals surface area contributed by atoms with Crippen LogP contribution in [0.5, 0.6) is 5.75 Å². The van der Waals surface area contributed by atoms with Crippen LogP contribution in [0.4, 0.5) is 19.0 Å². The van der Waals surface area contributed by atoms with E-state index in [1.54, 1.807) is 0 Å². The second kappa shape index (κ2) is 12.4. The van der Waals surface area contributed by atoms with Gasteiger partial charge >= 0.3 is 5.97 Å². The predicted molar refractivity (Wildman–Crippen MR) is 135 cm³/mol. The van der Waals surface area contributed by atoms with Crippen LogP contribution >= 0.6 is 0 Å². The molecule has 0 amide bonds. The number of pyridine rings is 1. The number of rotatable bonds is 12. The lowest BCUT2D eigenvalue weighted by Gasteiger charge is -2.17. The highest BCUT2D eigenvalue weighted by atomic mass is 19.1. The summed E-state index contributed by atoms with van der Waals surface area (Å²) >= 11 is 0. The first-order valence-corrected chi connectivity index (χ1v) is 11.9. The van der Waals surface area contributed by atoms with E-state index < -0.39 is 52.3 Å². The standard InChI is InChI=1S/C27H28F3N3O5/c1-15(2)12-22(27(36)37)32-10-3-11-38-18-13-20(29)24(21(30)14-18)33-23(34)9-8-19(26(33)31)25(35)16-4-6-17(28)7-5-16/h4-9,13-15,22,32H,3,10-12,31H2,1-2H3,(H,36,37)/t22-/m0/s1. The number of ether oxygens (including phenoxy) is 1. The minimum Gasteiger partial charge on any atom is -0.493 e. The number of halogens is 3. The Kier molecular flexibility index (Phi) is 9.30. The smallest absolute Gasteiger partial charge is 0.320 e. The fourth-order valence-corrected chi connectivity index (χ4v) is 3.85. The van der Waals surface area contributed by atoms with Gasteiger partial charge in [0.15, 0.2) is 17.4 Å². The minimum atomic E-state index is -1.15.